The lowest BCUT2D eigenvalue weighted by Crippen LogP contribution is -2.72. The van der Waals surface area contributed by atoms with Crippen LogP contribution in [-0.2, 0) is 9.84 Å². The molecular formula is C23H32N6O2S. The third-order valence-electron chi connectivity index (χ3n) is 7.78. The van der Waals surface area contributed by atoms with E-state index in [2.05, 4.69) is 20.1 Å². The Balaban J connectivity index is 1.17. The van der Waals surface area contributed by atoms with E-state index in [0.29, 0.717) is 24.2 Å². The fourth-order valence-corrected chi connectivity index (χ4v) is 7.02. The summed E-state index contributed by atoms with van der Waals surface area (Å²) in [6.07, 6.45) is 9.04. The summed E-state index contributed by atoms with van der Waals surface area (Å²) < 4.78 is 23.7. The maximum Gasteiger partial charge on any atom is 0.223 e. The topological polar surface area (TPSA) is 91.3 Å². The van der Waals surface area contributed by atoms with E-state index in [9.17, 15) is 8.42 Å². The molecule has 32 heavy (non-hydrogen) atoms. The van der Waals surface area contributed by atoms with Gasteiger partial charge >= 0.3 is 0 Å². The van der Waals surface area contributed by atoms with Crippen LogP contribution in [0.1, 0.15) is 44.2 Å². The highest BCUT2D eigenvalue weighted by Crippen LogP contribution is 2.46. The van der Waals surface area contributed by atoms with E-state index in [0.717, 1.165) is 54.4 Å². The lowest BCUT2D eigenvalue weighted by molar-refractivity contribution is -0.0277. The molecule has 2 aromatic rings. The first-order valence-electron chi connectivity index (χ1n) is 11.9. The van der Waals surface area contributed by atoms with Gasteiger partial charge in [0, 0.05) is 67.2 Å². The van der Waals surface area contributed by atoms with E-state index in [-0.39, 0.29) is 11.3 Å². The second-order valence-electron chi connectivity index (χ2n) is 10.7. The summed E-state index contributed by atoms with van der Waals surface area (Å²) in [5.41, 5.74) is 2.35. The summed E-state index contributed by atoms with van der Waals surface area (Å²) in [6.45, 7) is 6.61. The molecule has 2 aliphatic heterocycles. The van der Waals surface area contributed by atoms with E-state index in [4.69, 9.17) is 9.97 Å². The highest BCUT2D eigenvalue weighted by Gasteiger charge is 2.55. The molecule has 2 aliphatic carbocycles. The molecule has 172 valence electrons. The van der Waals surface area contributed by atoms with Gasteiger partial charge in [-0.05, 0) is 51.5 Å². The van der Waals surface area contributed by atoms with E-state index in [1.165, 1.54) is 32.2 Å². The molecule has 0 unspecified atom stereocenters. The number of nitrogens with one attached hydrogen (secondary N) is 1. The SMILES string of the molecule is Cc1cc2cnc(NC3CCC(S(C)(=O)=O)CC3)nc2c(N2CC3(C2)CN(C2CC2)C3)n1. The van der Waals surface area contributed by atoms with Gasteiger partial charge in [-0.1, -0.05) is 0 Å². The number of aromatic nitrogens is 3. The van der Waals surface area contributed by atoms with Crippen molar-refractivity contribution in [2.45, 2.75) is 62.8 Å². The van der Waals surface area contributed by atoms with Crippen molar-refractivity contribution in [2.75, 3.05) is 42.7 Å². The van der Waals surface area contributed by atoms with Crippen molar-refractivity contribution in [3.8, 4) is 0 Å². The average molecular weight is 457 g/mol. The molecule has 1 spiro atoms. The molecule has 6 rings (SSSR count). The number of fused-ring (bicyclic) bond motifs is 1. The first-order valence-corrected chi connectivity index (χ1v) is 13.8. The number of likely N-dealkylation sites (tertiary alicyclic amines) is 1. The molecule has 0 radical (unpaired) electrons. The maximum atomic E-state index is 11.8. The lowest BCUT2D eigenvalue weighted by Gasteiger charge is -2.61. The predicted octanol–water partition coefficient (Wildman–Crippen LogP) is 2.39. The van der Waals surface area contributed by atoms with E-state index >= 15 is 0 Å². The Bertz CT molecular complexity index is 1140. The quantitative estimate of drug-likeness (QED) is 0.733. The van der Waals surface area contributed by atoms with Crippen molar-refractivity contribution >= 4 is 32.5 Å². The number of hydrogen-bond donors (Lipinski definition) is 1. The van der Waals surface area contributed by atoms with Gasteiger partial charge in [-0.2, -0.15) is 0 Å². The second-order valence-corrected chi connectivity index (χ2v) is 13.0. The van der Waals surface area contributed by atoms with Gasteiger partial charge in [0.1, 0.15) is 15.4 Å². The fourth-order valence-electron chi connectivity index (χ4n) is 5.89. The van der Waals surface area contributed by atoms with Gasteiger partial charge in [-0.25, -0.2) is 23.4 Å². The number of nitrogens with zero attached hydrogens (tertiary/aromatic N) is 5. The van der Waals surface area contributed by atoms with Crippen LogP contribution in [0.15, 0.2) is 12.3 Å². The van der Waals surface area contributed by atoms with Gasteiger partial charge in [0.05, 0.1) is 5.25 Å². The van der Waals surface area contributed by atoms with Crippen LogP contribution < -0.4 is 10.2 Å². The van der Waals surface area contributed by atoms with Crippen molar-refractivity contribution in [3.63, 3.8) is 0 Å². The van der Waals surface area contributed by atoms with E-state index < -0.39 is 9.84 Å². The molecule has 8 nitrogen and oxygen atoms in total. The zero-order chi connectivity index (χ0) is 22.1. The van der Waals surface area contributed by atoms with Crippen molar-refractivity contribution in [2.24, 2.45) is 5.41 Å². The normalized spacial score (nSPS) is 27.9. The smallest absolute Gasteiger partial charge is 0.223 e. The Kier molecular flexibility index (Phi) is 4.67. The minimum atomic E-state index is -2.95. The highest BCUT2D eigenvalue weighted by atomic mass is 32.2. The number of aryl methyl sites for hydroxylation is 1. The summed E-state index contributed by atoms with van der Waals surface area (Å²) in [5.74, 6) is 1.59. The summed E-state index contributed by atoms with van der Waals surface area (Å²) in [5, 5.41) is 4.27. The first-order chi connectivity index (χ1) is 15.3. The Morgan fingerprint density at radius 3 is 2.41 bits per heavy atom. The Morgan fingerprint density at radius 2 is 1.75 bits per heavy atom. The lowest BCUT2D eigenvalue weighted by atomic mass is 9.72. The number of hydrogen-bond acceptors (Lipinski definition) is 8. The minimum Gasteiger partial charge on any atom is -0.353 e. The molecule has 2 saturated heterocycles. The molecule has 0 amide bonds. The van der Waals surface area contributed by atoms with Crippen LogP contribution in [0.2, 0.25) is 0 Å². The number of sulfone groups is 1. The van der Waals surface area contributed by atoms with Gasteiger partial charge in [0.25, 0.3) is 0 Å². The molecule has 9 heteroatoms. The molecular weight excluding hydrogens is 424 g/mol. The predicted molar refractivity (Wildman–Crippen MR) is 126 cm³/mol. The standard InChI is InChI=1S/C23H32N6O2S/c1-15-9-16-10-24-22(26-17-3-7-19(8-4-17)32(2,30)31)27-20(16)21(25-15)29-13-23(14-29)11-28(12-23)18-5-6-18/h9-10,17-19H,3-8,11-14H2,1-2H3,(H,24,26,27). The maximum absolute atomic E-state index is 11.8. The van der Waals surface area contributed by atoms with Gasteiger partial charge in [0.2, 0.25) is 5.95 Å². The molecule has 1 N–H and O–H groups in total. The molecule has 0 aromatic carbocycles. The van der Waals surface area contributed by atoms with Gasteiger partial charge in [-0.15, -0.1) is 0 Å². The Labute approximate surface area is 189 Å². The molecule has 4 fully saturated rings. The largest absolute Gasteiger partial charge is 0.353 e. The van der Waals surface area contributed by atoms with E-state index in [1.54, 1.807) is 0 Å². The van der Waals surface area contributed by atoms with Crippen LogP contribution in [0.3, 0.4) is 0 Å². The van der Waals surface area contributed by atoms with Gasteiger partial charge < -0.3 is 10.2 Å². The zero-order valence-corrected chi connectivity index (χ0v) is 19.7. The zero-order valence-electron chi connectivity index (χ0n) is 18.9. The Morgan fingerprint density at radius 1 is 1.03 bits per heavy atom. The number of pyridine rings is 1. The summed E-state index contributed by atoms with van der Waals surface area (Å²) >= 11 is 0. The highest BCUT2D eigenvalue weighted by molar-refractivity contribution is 7.91. The second kappa shape index (κ2) is 7.25. The van der Waals surface area contributed by atoms with Crippen LogP contribution in [-0.4, -0.2) is 78.0 Å². The van der Waals surface area contributed by atoms with Crippen molar-refractivity contribution in [3.05, 3.63) is 18.0 Å². The molecule has 0 bridgehead atoms. The van der Waals surface area contributed by atoms with Gasteiger partial charge in [-0.3, -0.25) is 4.90 Å². The average Bonchev–Trinajstić information content (AvgIpc) is 3.51. The van der Waals surface area contributed by atoms with E-state index in [1.807, 2.05) is 19.2 Å². The summed E-state index contributed by atoms with van der Waals surface area (Å²) in [4.78, 5) is 19.3. The Hall–Kier alpha value is -2.00. The molecule has 2 aromatic heterocycles. The summed E-state index contributed by atoms with van der Waals surface area (Å²) in [6, 6.07) is 3.12. The van der Waals surface area contributed by atoms with Crippen molar-refractivity contribution in [1.29, 1.82) is 0 Å². The molecule has 2 saturated carbocycles. The molecule has 0 atom stereocenters. The fraction of sp³-hybridized carbons (Fsp3) is 0.696. The number of anilines is 2. The third kappa shape index (κ3) is 3.73. The summed E-state index contributed by atoms with van der Waals surface area (Å²) in [7, 11) is -2.95. The molecule has 4 heterocycles. The first kappa shape index (κ1) is 20.6. The van der Waals surface area contributed by atoms with Crippen LogP contribution in [0.25, 0.3) is 10.9 Å². The van der Waals surface area contributed by atoms with Crippen LogP contribution in [0, 0.1) is 12.3 Å². The minimum absolute atomic E-state index is 0.210. The third-order valence-corrected chi connectivity index (χ3v) is 9.46. The monoisotopic (exact) mass is 456 g/mol. The van der Waals surface area contributed by atoms with Gasteiger partial charge in [0.15, 0.2) is 5.82 Å². The van der Waals surface area contributed by atoms with Crippen molar-refractivity contribution in [1.82, 2.24) is 19.9 Å². The van der Waals surface area contributed by atoms with Crippen molar-refractivity contribution < 1.29 is 8.42 Å². The molecule has 4 aliphatic rings. The van der Waals surface area contributed by atoms with Crippen LogP contribution in [0.4, 0.5) is 11.8 Å². The van der Waals surface area contributed by atoms with Crippen LogP contribution >= 0.6 is 0 Å². The van der Waals surface area contributed by atoms with Crippen LogP contribution in [0.5, 0.6) is 0 Å². The number of rotatable bonds is 5.